The largest absolute Gasteiger partial charge is 0.478 e. The first-order chi connectivity index (χ1) is 8.88. The SMILES string of the molecule is CC(C)(C)C=C(CCOCc1ccccc1)C(=O)O. The normalized spacial score (nSPS) is 12.5. The van der Waals surface area contributed by atoms with Crippen LogP contribution in [0.2, 0.25) is 0 Å². The Balaban J connectivity index is 2.42. The summed E-state index contributed by atoms with van der Waals surface area (Å²) in [4.78, 5) is 11.1. The highest BCUT2D eigenvalue weighted by molar-refractivity contribution is 5.86. The summed E-state index contributed by atoms with van der Waals surface area (Å²) < 4.78 is 5.51. The van der Waals surface area contributed by atoms with Crippen LogP contribution < -0.4 is 0 Å². The number of ether oxygens (including phenoxy) is 1. The second-order valence-corrected chi connectivity index (χ2v) is 5.63. The van der Waals surface area contributed by atoms with Crippen LogP contribution in [-0.4, -0.2) is 17.7 Å². The van der Waals surface area contributed by atoms with Crippen molar-refractivity contribution >= 4 is 5.97 Å². The predicted octanol–water partition coefficient (Wildman–Crippen LogP) is 3.65. The van der Waals surface area contributed by atoms with Crippen LogP contribution in [0.15, 0.2) is 42.0 Å². The summed E-state index contributed by atoms with van der Waals surface area (Å²) in [7, 11) is 0. The van der Waals surface area contributed by atoms with Gasteiger partial charge in [0.1, 0.15) is 0 Å². The maximum absolute atomic E-state index is 11.1. The van der Waals surface area contributed by atoms with E-state index in [0.717, 1.165) is 5.56 Å². The van der Waals surface area contributed by atoms with Crippen LogP contribution in [0, 0.1) is 5.41 Å². The maximum atomic E-state index is 11.1. The Bertz CT molecular complexity index is 427. The van der Waals surface area contributed by atoms with Gasteiger partial charge in [0, 0.05) is 12.0 Å². The minimum absolute atomic E-state index is 0.132. The minimum Gasteiger partial charge on any atom is -0.478 e. The molecule has 0 radical (unpaired) electrons. The van der Waals surface area contributed by atoms with Crippen molar-refractivity contribution in [2.75, 3.05) is 6.61 Å². The molecule has 19 heavy (non-hydrogen) atoms. The van der Waals surface area contributed by atoms with Gasteiger partial charge >= 0.3 is 5.97 Å². The van der Waals surface area contributed by atoms with Gasteiger partial charge in [0.2, 0.25) is 0 Å². The van der Waals surface area contributed by atoms with E-state index in [2.05, 4.69) is 0 Å². The lowest BCUT2D eigenvalue weighted by molar-refractivity contribution is -0.133. The first kappa shape index (κ1) is 15.4. The Kier molecular flexibility index (Phi) is 5.77. The fourth-order valence-electron chi connectivity index (χ4n) is 1.71. The van der Waals surface area contributed by atoms with Crippen molar-refractivity contribution in [3.05, 3.63) is 47.5 Å². The van der Waals surface area contributed by atoms with Crippen LogP contribution in [0.3, 0.4) is 0 Å². The Labute approximate surface area is 114 Å². The number of carboxylic acid groups (broad SMARTS) is 1. The number of allylic oxidation sites excluding steroid dienone is 1. The van der Waals surface area contributed by atoms with E-state index in [1.54, 1.807) is 6.08 Å². The summed E-state index contributed by atoms with van der Waals surface area (Å²) in [5, 5.41) is 9.13. The summed E-state index contributed by atoms with van der Waals surface area (Å²) >= 11 is 0. The topological polar surface area (TPSA) is 46.5 Å². The molecule has 0 aromatic heterocycles. The average molecular weight is 262 g/mol. The molecule has 1 rings (SSSR count). The first-order valence-corrected chi connectivity index (χ1v) is 6.45. The Hall–Kier alpha value is -1.61. The molecule has 104 valence electrons. The molecule has 0 spiro atoms. The van der Waals surface area contributed by atoms with Crippen molar-refractivity contribution in [1.29, 1.82) is 0 Å². The predicted molar refractivity (Wildman–Crippen MR) is 75.9 cm³/mol. The van der Waals surface area contributed by atoms with E-state index < -0.39 is 5.97 Å². The summed E-state index contributed by atoms with van der Waals surface area (Å²) in [5.41, 5.74) is 1.38. The highest BCUT2D eigenvalue weighted by atomic mass is 16.5. The molecule has 0 atom stereocenters. The zero-order chi connectivity index (χ0) is 14.3. The van der Waals surface area contributed by atoms with Gasteiger partial charge in [-0.05, 0) is 11.0 Å². The number of hydrogen-bond acceptors (Lipinski definition) is 2. The molecule has 3 heteroatoms. The van der Waals surface area contributed by atoms with Gasteiger partial charge in [-0.1, -0.05) is 57.2 Å². The molecule has 0 saturated carbocycles. The van der Waals surface area contributed by atoms with Crippen LogP contribution in [0.1, 0.15) is 32.8 Å². The second-order valence-electron chi connectivity index (χ2n) is 5.63. The third-order valence-electron chi connectivity index (χ3n) is 2.51. The van der Waals surface area contributed by atoms with E-state index in [0.29, 0.717) is 25.2 Å². The van der Waals surface area contributed by atoms with Crippen molar-refractivity contribution in [3.8, 4) is 0 Å². The standard InChI is InChI=1S/C16H22O3/c1-16(2,3)11-14(15(17)18)9-10-19-12-13-7-5-4-6-8-13/h4-8,11H,9-10,12H2,1-3H3,(H,17,18). The fraction of sp³-hybridized carbons (Fsp3) is 0.438. The average Bonchev–Trinajstić information content (AvgIpc) is 2.32. The number of aliphatic carboxylic acids is 1. The summed E-state index contributed by atoms with van der Waals surface area (Å²) in [6.45, 7) is 6.90. The van der Waals surface area contributed by atoms with Crippen molar-refractivity contribution in [2.24, 2.45) is 5.41 Å². The quantitative estimate of drug-likeness (QED) is 0.628. The van der Waals surface area contributed by atoms with E-state index in [-0.39, 0.29) is 5.41 Å². The van der Waals surface area contributed by atoms with Gasteiger partial charge in [-0.3, -0.25) is 0 Å². The van der Waals surface area contributed by atoms with Gasteiger partial charge in [-0.15, -0.1) is 0 Å². The molecule has 0 amide bonds. The third kappa shape index (κ3) is 6.77. The molecule has 1 aromatic rings. The molecule has 0 fully saturated rings. The highest BCUT2D eigenvalue weighted by Gasteiger charge is 2.13. The summed E-state index contributed by atoms with van der Waals surface area (Å²) in [6, 6.07) is 9.85. The summed E-state index contributed by atoms with van der Waals surface area (Å²) in [6.07, 6.45) is 2.22. The molecule has 0 heterocycles. The van der Waals surface area contributed by atoms with Gasteiger partial charge in [0.25, 0.3) is 0 Å². The van der Waals surface area contributed by atoms with Crippen LogP contribution in [-0.2, 0) is 16.1 Å². The molecular weight excluding hydrogens is 240 g/mol. The molecule has 0 saturated heterocycles. The monoisotopic (exact) mass is 262 g/mol. The molecule has 3 nitrogen and oxygen atoms in total. The van der Waals surface area contributed by atoms with Crippen LogP contribution in [0.25, 0.3) is 0 Å². The molecular formula is C16H22O3. The third-order valence-corrected chi connectivity index (χ3v) is 2.51. The smallest absolute Gasteiger partial charge is 0.331 e. The lowest BCUT2D eigenvalue weighted by Gasteiger charge is -2.14. The zero-order valence-corrected chi connectivity index (χ0v) is 11.8. The zero-order valence-electron chi connectivity index (χ0n) is 11.8. The number of carbonyl (C=O) groups is 1. The van der Waals surface area contributed by atoms with Gasteiger partial charge in [0.05, 0.1) is 13.2 Å². The van der Waals surface area contributed by atoms with E-state index in [9.17, 15) is 4.79 Å². The van der Waals surface area contributed by atoms with E-state index in [1.807, 2.05) is 51.1 Å². The van der Waals surface area contributed by atoms with Crippen molar-refractivity contribution < 1.29 is 14.6 Å². The fourth-order valence-corrected chi connectivity index (χ4v) is 1.71. The maximum Gasteiger partial charge on any atom is 0.331 e. The molecule has 1 N–H and O–H groups in total. The number of carboxylic acids is 1. The van der Waals surface area contributed by atoms with Crippen molar-refractivity contribution in [3.63, 3.8) is 0 Å². The Morgan fingerprint density at radius 1 is 1.26 bits per heavy atom. The van der Waals surface area contributed by atoms with E-state index >= 15 is 0 Å². The number of rotatable bonds is 6. The first-order valence-electron chi connectivity index (χ1n) is 6.45. The molecule has 0 bridgehead atoms. The lowest BCUT2D eigenvalue weighted by atomic mass is 9.92. The van der Waals surface area contributed by atoms with Crippen molar-refractivity contribution in [1.82, 2.24) is 0 Å². The van der Waals surface area contributed by atoms with Crippen LogP contribution >= 0.6 is 0 Å². The Morgan fingerprint density at radius 2 is 1.89 bits per heavy atom. The van der Waals surface area contributed by atoms with E-state index in [1.165, 1.54) is 0 Å². The highest BCUT2D eigenvalue weighted by Crippen LogP contribution is 2.19. The van der Waals surface area contributed by atoms with Crippen LogP contribution in [0.5, 0.6) is 0 Å². The summed E-state index contributed by atoms with van der Waals surface area (Å²) in [5.74, 6) is -0.863. The van der Waals surface area contributed by atoms with Gasteiger partial charge in [0.15, 0.2) is 0 Å². The molecule has 0 aliphatic rings. The molecule has 0 aliphatic heterocycles. The van der Waals surface area contributed by atoms with Crippen LogP contribution in [0.4, 0.5) is 0 Å². The van der Waals surface area contributed by atoms with Gasteiger partial charge < -0.3 is 9.84 Å². The minimum atomic E-state index is -0.863. The molecule has 0 unspecified atom stereocenters. The van der Waals surface area contributed by atoms with Gasteiger partial charge in [-0.2, -0.15) is 0 Å². The van der Waals surface area contributed by atoms with Gasteiger partial charge in [-0.25, -0.2) is 4.79 Å². The lowest BCUT2D eigenvalue weighted by Crippen LogP contribution is -2.10. The molecule has 0 aliphatic carbocycles. The number of hydrogen-bond donors (Lipinski definition) is 1. The number of benzene rings is 1. The molecule has 1 aromatic carbocycles. The van der Waals surface area contributed by atoms with E-state index in [4.69, 9.17) is 9.84 Å². The second kappa shape index (κ2) is 7.10. The Morgan fingerprint density at radius 3 is 2.42 bits per heavy atom. The van der Waals surface area contributed by atoms with Crippen molar-refractivity contribution in [2.45, 2.75) is 33.8 Å².